The van der Waals surface area contributed by atoms with Gasteiger partial charge in [-0.3, -0.25) is 0 Å². The van der Waals surface area contributed by atoms with Crippen molar-refractivity contribution in [3.8, 4) is 0 Å². The van der Waals surface area contributed by atoms with Crippen LogP contribution < -0.4 is 0 Å². The van der Waals surface area contributed by atoms with Gasteiger partial charge in [0.15, 0.2) is 0 Å². The highest BCUT2D eigenvalue weighted by molar-refractivity contribution is 5.11. The van der Waals surface area contributed by atoms with Gasteiger partial charge in [-0.05, 0) is 44.2 Å². The molecule has 2 saturated heterocycles. The van der Waals surface area contributed by atoms with Gasteiger partial charge in [0.25, 0.3) is 0 Å². The number of nitrogens with zero attached hydrogens (tertiary/aromatic N) is 1. The lowest BCUT2D eigenvalue weighted by Crippen LogP contribution is -2.67. The van der Waals surface area contributed by atoms with Crippen LogP contribution in [0.4, 0.5) is 0 Å². The number of hydrogen-bond acceptors (Lipinski definition) is 1. The maximum atomic E-state index is 2.60. The van der Waals surface area contributed by atoms with Crippen LogP contribution in [-0.4, -0.2) is 24.0 Å². The summed E-state index contributed by atoms with van der Waals surface area (Å²) in [6.45, 7) is 8.50. The average molecular weight is 167 g/mol. The number of hydrogen-bond donors (Lipinski definition) is 0. The average Bonchev–Trinajstić information content (AvgIpc) is 1.81. The second-order valence-corrected chi connectivity index (χ2v) is 5.77. The van der Waals surface area contributed by atoms with Crippen LogP contribution in [0.2, 0.25) is 0 Å². The molecule has 0 aromatic carbocycles. The van der Waals surface area contributed by atoms with Gasteiger partial charge in [0.05, 0.1) is 0 Å². The largest absolute Gasteiger partial charge is 0.300 e. The SMILES string of the molecule is CN1CCC2CC1(C(C)(C)C)C2. The topological polar surface area (TPSA) is 3.24 Å². The summed E-state index contributed by atoms with van der Waals surface area (Å²) in [5.74, 6) is 1.06. The lowest BCUT2D eigenvalue weighted by Gasteiger charge is -2.64. The monoisotopic (exact) mass is 167 g/mol. The predicted octanol–water partition coefficient (Wildman–Crippen LogP) is 2.52. The molecule has 0 spiro atoms. The van der Waals surface area contributed by atoms with E-state index in [1.165, 1.54) is 25.8 Å². The lowest BCUT2D eigenvalue weighted by molar-refractivity contribution is -0.128. The molecule has 0 unspecified atom stereocenters. The van der Waals surface area contributed by atoms with Gasteiger partial charge in [0.1, 0.15) is 0 Å². The molecule has 0 radical (unpaired) electrons. The van der Waals surface area contributed by atoms with Crippen molar-refractivity contribution in [3.63, 3.8) is 0 Å². The minimum atomic E-state index is 0.471. The smallest absolute Gasteiger partial charge is 0.0260 e. The van der Waals surface area contributed by atoms with Crippen LogP contribution in [0.25, 0.3) is 0 Å². The molecule has 0 aromatic rings. The Hall–Kier alpha value is -0.0400. The van der Waals surface area contributed by atoms with Gasteiger partial charge >= 0.3 is 0 Å². The number of piperidine rings is 2. The molecular formula is C11H21N. The highest BCUT2D eigenvalue weighted by atomic mass is 15.2. The Balaban J connectivity index is 2.21. The predicted molar refractivity (Wildman–Crippen MR) is 52.2 cm³/mol. The van der Waals surface area contributed by atoms with E-state index in [2.05, 4.69) is 32.7 Å². The standard InChI is InChI=1S/C11H21N/c1-10(2,3)11-7-9(8-11)5-6-12(11)4/h9H,5-8H2,1-4H3. The molecule has 12 heavy (non-hydrogen) atoms. The highest BCUT2D eigenvalue weighted by Gasteiger charge is 2.56. The molecule has 0 amide bonds. The zero-order chi connectivity index (χ0) is 8.98. The second kappa shape index (κ2) is 2.25. The van der Waals surface area contributed by atoms with E-state index >= 15 is 0 Å². The Morgan fingerprint density at radius 3 is 2.17 bits per heavy atom. The first-order chi connectivity index (χ1) is 5.46. The Kier molecular flexibility index (Phi) is 1.61. The third-order valence-electron chi connectivity index (χ3n) is 4.25. The zero-order valence-electron chi connectivity index (χ0n) is 8.85. The minimum Gasteiger partial charge on any atom is -0.300 e. The Morgan fingerprint density at radius 1 is 1.25 bits per heavy atom. The molecule has 3 aliphatic rings. The van der Waals surface area contributed by atoms with Crippen molar-refractivity contribution < 1.29 is 0 Å². The van der Waals surface area contributed by atoms with E-state index in [1.54, 1.807) is 0 Å². The molecule has 1 aliphatic carbocycles. The Labute approximate surface area is 76.1 Å². The molecule has 0 aromatic heterocycles. The van der Waals surface area contributed by atoms with Crippen molar-refractivity contribution in [2.45, 2.75) is 45.6 Å². The van der Waals surface area contributed by atoms with Gasteiger partial charge < -0.3 is 4.90 Å². The third kappa shape index (κ3) is 0.891. The van der Waals surface area contributed by atoms with Gasteiger partial charge in [-0.1, -0.05) is 20.8 Å². The van der Waals surface area contributed by atoms with Gasteiger partial charge in [-0.2, -0.15) is 0 Å². The van der Waals surface area contributed by atoms with Gasteiger partial charge in [0, 0.05) is 5.54 Å². The van der Waals surface area contributed by atoms with Crippen molar-refractivity contribution in [3.05, 3.63) is 0 Å². The summed E-state index contributed by atoms with van der Waals surface area (Å²) in [5.41, 5.74) is 1.02. The molecular weight excluding hydrogens is 146 g/mol. The van der Waals surface area contributed by atoms with Crippen molar-refractivity contribution in [2.75, 3.05) is 13.6 Å². The lowest BCUT2D eigenvalue weighted by atomic mass is 9.53. The third-order valence-corrected chi connectivity index (χ3v) is 4.25. The molecule has 1 heteroatoms. The molecule has 2 bridgehead atoms. The molecule has 1 nitrogen and oxygen atoms in total. The van der Waals surface area contributed by atoms with Gasteiger partial charge in [0.2, 0.25) is 0 Å². The minimum absolute atomic E-state index is 0.471. The summed E-state index contributed by atoms with van der Waals surface area (Å²) in [5, 5.41) is 0. The van der Waals surface area contributed by atoms with Crippen LogP contribution in [0, 0.1) is 11.3 Å². The second-order valence-electron chi connectivity index (χ2n) is 5.77. The first-order valence-corrected chi connectivity index (χ1v) is 5.17. The van der Waals surface area contributed by atoms with Crippen LogP contribution in [-0.2, 0) is 0 Å². The van der Waals surface area contributed by atoms with Crippen molar-refractivity contribution in [2.24, 2.45) is 11.3 Å². The Bertz CT molecular complexity index is 184. The highest BCUT2D eigenvalue weighted by Crippen LogP contribution is 2.56. The fourth-order valence-corrected chi connectivity index (χ4v) is 3.19. The maximum absolute atomic E-state index is 2.60. The molecule has 3 fully saturated rings. The van der Waals surface area contributed by atoms with Crippen LogP contribution in [0.15, 0.2) is 0 Å². The summed E-state index contributed by atoms with van der Waals surface area (Å²) in [4.78, 5) is 2.60. The first kappa shape index (κ1) is 8.55. The molecule has 2 aliphatic heterocycles. The van der Waals surface area contributed by atoms with Crippen molar-refractivity contribution in [1.82, 2.24) is 4.90 Å². The maximum Gasteiger partial charge on any atom is 0.0260 e. The molecule has 2 heterocycles. The van der Waals surface area contributed by atoms with E-state index in [0.717, 1.165) is 5.92 Å². The summed E-state index contributed by atoms with van der Waals surface area (Å²) >= 11 is 0. The zero-order valence-corrected chi connectivity index (χ0v) is 8.85. The quantitative estimate of drug-likeness (QED) is 0.536. The van der Waals surface area contributed by atoms with Crippen molar-refractivity contribution >= 4 is 0 Å². The van der Waals surface area contributed by atoms with E-state index in [-0.39, 0.29) is 0 Å². The summed E-state index contributed by atoms with van der Waals surface area (Å²) in [6.07, 6.45) is 4.34. The fourth-order valence-electron chi connectivity index (χ4n) is 3.19. The van der Waals surface area contributed by atoms with E-state index < -0.39 is 0 Å². The summed E-state index contributed by atoms with van der Waals surface area (Å²) in [6, 6.07) is 0. The molecule has 70 valence electrons. The molecule has 1 saturated carbocycles. The molecule has 3 rings (SSSR count). The van der Waals surface area contributed by atoms with E-state index in [1.807, 2.05) is 0 Å². The van der Waals surface area contributed by atoms with Crippen LogP contribution >= 0.6 is 0 Å². The molecule has 0 atom stereocenters. The Morgan fingerprint density at radius 2 is 1.83 bits per heavy atom. The van der Waals surface area contributed by atoms with E-state index in [9.17, 15) is 0 Å². The summed E-state index contributed by atoms with van der Waals surface area (Å²) < 4.78 is 0. The van der Waals surface area contributed by atoms with Crippen molar-refractivity contribution in [1.29, 1.82) is 0 Å². The van der Waals surface area contributed by atoms with Crippen LogP contribution in [0.1, 0.15) is 40.0 Å². The molecule has 0 N–H and O–H groups in total. The number of fused-ring (bicyclic) bond motifs is 2. The van der Waals surface area contributed by atoms with Gasteiger partial charge in [-0.25, -0.2) is 0 Å². The number of rotatable bonds is 0. The normalized spacial score (nSPS) is 42.5. The van der Waals surface area contributed by atoms with Crippen LogP contribution in [0.3, 0.4) is 0 Å². The van der Waals surface area contributed by atoms with E-state index in [4.69, 9.17) is 0 Å². The summed E-state index contributed by atoms with van der Waals surface area (Å²) in [7, 11) is 2.31. The first-order valence-electron chi connectivity index (χ1n) is 5.17. The van der Waals surface area contributed by atoms with Gasteiger partial charge in [-0.15, -0.1) is 0 Å². The van der Waals surface area contributed by atoms with Crippen LogP contribution in [0.5, 0.6) is 0 Å². The fraction of sp³-hybridized carbons (Fsp3) is 1.00. The van der Waals surface area contributed by atoms with E-state index in [0.29, 0.717) is 11.0 Å².